The lowest BCUT2D eigenvalue weighted by Crippen LogP contribution is -2.38. The third-order valence-electron chi connectivity index (χ3n) is 4.02. The van der Waals surface area contributed by atoms with Crippen LogP contribution in [0.25, 0.3) is 0 Å². The molecule has 0 bridgehead atoms. The third-order valence-corrected chi connectivity index (χ3v) is 4.02. The summed E-state index contributed by atoms with van der Waals surface area (Å²) in [6, 6.07) is 2.05. The Hall–Kier alpha value is -1.45. The van der Waals surface area contributed by atoms with Gasteiger partial charge in [0.05, 0.1) is 5.69 Å². The fraction of sp³-hybridized carbons (Fsp3) is 0.667. The average molecular weight is 263 g/mol. The minimum Gasteiger partial charge on any atom is -0.397 e. The minimum absolute atomic E-state index is 0.111. The van der Waals surface area contributed by atoms with Crippen molar-refractivity contribution in [2.45, 2.75) is 46.1 Å². The van der Waals surface area contributed by atoms with Gasteiger partial charge < -0.3 is 15.2 Å². The second-order valence-electron chi connectivity index (χ2n) is 5.80. The summed E-state index contributed by atoms with van der Waals surface area (Å²) in [5.74, 6) is 0.809. The number of hydrogen-bond acceptors (Lipinski definition) is 2. The molecule has 0 radical (unpaired) electrons. The lowest BCUT2D eigenvalue weighted by Gasteiger charge is -2.32. The van der Waals surface area contributed by atoms with Crippen LogP contribution in [0.4, 0.5) is 5.69 Å². The molecule has 1 aromatic heterocycles. The SMILES string of the molecule is CCN(CC1CCC1)C(=O)c1cc(N)cn1C(C)C. The fourth-order valence-corrected chi connectivity index (χ4v) is 2.60. The van der Waals surface area contributed by atoms with Crippen LogP contribution in [0.3, 0.4) is 0 Å². The van der Waals surface area contributed by atoms with Crippen molar-refractivity contribution in [1.82, 2.24) is 9.47 Å². The molecule has 4 nitrogen and oxygen atoms in total. The van der Waals surface area contributed by atoms with Crippen molar-refractivity contribution in [2.75, 3.05) is 18.8 Å². The highest BCUT2D eigenvalue weighted by molar-refractivity contribution is 5.94. The van der Waals surface area contributed by atoms with E-state index in [-0.39, 0.29) is 11.9 Å². The van der Waals surface area contributed by atoms with E-state index in [1.807, 2.05) is 22.6 Å². The molecule has 1 aliphatic rings. The molecule has 1 aromatic rings. The summed E-state index contributed by atoms with van der Waals surface area (Å²) in [4.78, 5) is 14.6. The Balaban J connectivity index is 2.16. The highest BCUT2D eigenvalue weighted by atomic mass is 16.2. The number of carbonyl (C=O) groups excluding carboxylic acids is 1. The van der Waals surface area contributed by atoms with E-state index in [2.05, 4.69) is 13.8 Å². The van der Waals surface area contributed by atoms with Crippen LogP contribution in [0.2, 0.25) is 0 Å². The Kier molecular flexibility index (Phi) is 4.17. The zero-order valence-electron chi connectivity index (χ0n) is 12.2. The van der Waals surface area contributed by atoms with Crippen molar-refractivity contribution in [3.05, 3.63) is 18.0 Å². The molecule has 1 heterocycles. The predicted octanol–water partition coefficient (Wildman–Crippen LogP) is 2.91. The molecule has 0 spiro atoms. The lowest BCUT2D eigenvalue weighted by molar-refractivity contribution is 0.0694. The number of anilines is 1. The molecule has 19 heavy (non-hydrogen) atoms. The van der Waals surface area contributed by atoms with Crippen LogP contribution in [0, 0.1) is 5.92 Å². The maximum atomic E-state index is 12.6. The first-order valence-corrected chi connectivity index (χ1v) is 7.29. The van der Waals surface area contributed by atoms with E-state index < -0.39 is 0 Å². The van der Waals surface area contributed by atoms with Gasteiger partial charge >= 0.3 is 0 Å². The number of aromatic nitrogens is 1. The van der Waals surface area contributed by atoms with Crippen molar-refractivity contribution in [3.8, 4) is 0 Å². The lowest BCUT2D eigenvalue weighted by atomic mass is 9.85. The summed E-state index contributed by atoms with van der Waals surface area (Å²) in [6.07, 6.45) is 5.69. The Morgan fingerprint density at radius 2 is 2.21 bits per heavy atom. The fourth-order valence-electron chi connectivity index (χ4n) is 2.60. The first kappa shape index (κ1) is 14.0. The van der Waals surface area contributed by atoms with E-state index in [9.17, 15) is 4.79 Å². The first-order chi connectivity index (χ1) is 9.02. The van der Waals surface area contributed by atoms with Gasteiger partial charge in [0, 0.05) is 25.3 Å². The number of carbonyl (C=O) groups is 1. The monoisotopic (exact) mass is 263 g/mol. The molecule has 1 amide bonds. The van der Waals surface area contributed by atoms with Crippen molar-refractivity contribution >= 4 is 11.6 Å². The van der Waals surface area contributed by atoms with Gasteiger partial charge in [-0.15, -0.1) is 0 Å². The highest BCUT2D eigenvalue weighted by Crippen LogP contribution is 2.28. The van der Waals surface area contributed by atoms with Crippen LogP contribution in [-0.2, 0) is 0 Å². The molecular formula is C15H25N3O. The zero-order valence-corrected chi connectivity index (χ0v) is 12.2. The van der Waals surface area contributed by atoms with Gasteiger partial charge in [-0.1, -0.05) is 6.42 Å². The number of rotatable bonds is 5. The Labute approximate surface area is 115 Å². The smallest absolute Gasteiger partial charge is 0.270 e. The van der Waals surface area contributed by atoms with E-state index in [0.29, 0.717) is 17.3 Å². The predicted molar refractivity (Wildman–Crippen MR) is 78.1 cm³/mol. The number of nitrogens with two attached hydrogens (primary N) is 1. The second kappa shape index (κ2) is 5.68. The maximum absolute atomic E-state index is 12.6. The normalized spacial score (nSPS) is 15.6. The number of hydrogen-bond donors (Lipinski definition) is 1. The van der Waals surface area contributed by atoms with Crippen molar-refractivity contribution < 1.29 is 4.79 Å². The summed E-state index contributed by atoms with van der Waals surface area (Å²) in [7, 11) is 0. The molecule has 0 aliphatic heterocycles. The number of amides is 1. The summed E-state index contributed by atoms with van der Waals surface area (Å²) >= 11 is 0. The molecule has 0 saturated heterocycles. The maximum Gasteiger partial charge on any atom is 0.270 e. The zero-order chi connectivity index (χ0) is 14.0. The van der Waals surface area contributed by atoms with E-state index in [4.69, 9.17) is 5.73 Å². The van der Waals surface area contributed by atoms with Gasteiger partial charge in [0.15, 0.2) is 0 Å². The van der Waals surface area contributed by atoms with E-state index in [1.165, 1.54) is 19.3 Å². The van der Waals surface area contributed by atoms with Crippen molar-refractivity contribution in [1.29, 1.82) is 0 Å². The topological polar surface area (TPSA) is 51.3 Å². The summed E-state index contributed by atoms with van der Waals surface area (Å²) in [5.41, 5.74) is 7.22. The van der Waals surface area contributed by atoms with Gasteiger partial charge in [0.2, 0.25) is 0 Å². The molecule has 4 heteroatoms. The highest BCUT2D eigenvalue weighted by Gasteiger charge is 2.25. The van der Waals surface area contributed by atoms with E-state index in [1.54, 1.807) is 6.07 Å². The van der Waals surface area contributed by atoms with Crippen LogP contribution < -0.4 is 5.73 Å². The van der Waals surface area contributed by atoms with Gasteiger partial charge in [-0.3, -0.25) is 4.79 Å². The molecule has 2 N–H and O–H groups in total. The van der Waals surface area contributed by atoms with Crippen LogP contribution >= 0.6 is 0 Å². The Bertz CT molecular complexity index is 446. The van der Waals surface area contributed by atoms with Crippen molar-refractivity contribution in [2.24, 2.45) is 5.92 Å². The van der Waals surface area contributed by atoms with Gasteiger partial charge in [-0.05, 0) is 45.6 Å². The molecule has 2 rings (SSSR count). The first-order valence-electron chi connectivity index (χ1n) is 7.29. The van der Waals surface area contributed by atoms with Crippen LogP contribution in [-0.4, -0.2) is 28.5 Å². The molecule has 0 aromatic carbocycles. The van der Waals surface area contributed by atoms with Crippen LogP contribution in [0.5, 0.6) is 0 Å². The van der Waals surface area contributed by atoms with E-state index in [0.717, 1.165) is 13.1 Å². The average Bonchev–Trinajstić information content (AvgIpc) is 2.69. The second-order valence-corrected chi connectivity index (χ2v) is 5.80. The summed E-state index contributed by atoms with van der Waals surface area (Å²) < 4.78 is 1.97. The molecule has 1 saturated carbocycles. The molecule has 0 unspecified atom stereocenters. The largest absolute Gasteiger partial charge is 0.397 e. The van der Waals surface area contributed by atoms with Gasteiger partial charge in [-0.25, -0.2) is 0 Å². The standard InChI is InChI=1S/C15H25N3O/c1-4-17(9-12-6-5-7-12)15(19)14-8-13(16)10-18(14)11(2)3/h8,10-12H,4-7,9,16H2,1-3H3. The summed E-state index contributed by atoms with van der Waals surface area (Å²) in [5, 5.41) is 0. The number of nitrogens with zero attached hydrogens (tertiary/aromatic N) is 2. The molecular weight excluding hydrogens is 238 g/mol. The van der Waals surface area contributed by atoms with Crippen molar-refractivity contribution in [3.63, 3.8) is 0 Å². The quantitative estimate of drug-likeness (QED) is 0.888. The van der Waals surface area contributed by atoms with Gasteiger partial charge in [0.1, 0.15) is 5.69 Å². The van der Waals surface area contributed by atoms with E-state index >= 15 is 0 Å². The molecule has 1 aliphatic carbocycles. The van der Waals surface area contributed by atoms with Crippen LogP contribution in [0.1, 0.15) is 56.6 Å². The van der Waals surface area contributed by atoms with Crippen LogP contribution in [0.15, 0.2) is 12.3 Å². The number of nitrogen functional groups attached to an aromatic ring is 1. The third kappa shape index (κ3) is 2.94. The molecule has 0 atom stereocenters. The minimum atomic E-state index is 0.111. The molecule has 1 fully saturated rings. The Morgan fingerprint density at radius 1 is 1.53 bits per heavy atom. The summed E-state index contributed by atoms with van der Waals surface area (Å²) in [6.45, 7) is 7.83. The Morgan fingerprint density at radius 3 is 2.68 bits per heavy atom. The molecule has 106 valence electrons. The van der Waals surface area contributed by atoms with Gasteiger partial charge in [-0.2, -0.15) is 0 Å². The van der Waals surface area contributed by atoms with Gasteiger partial charge in [0.25, 0.3) is 5.91 Å².